The van der Waals surface area contributed by atoms with Crippen molar-refractivity contribution in [2.45, 2.75) is 10.9 Å². The number of fused-ring (bicyclic) bond motifs is 1. The summed E-state index contributed by atoms with van der Waals surface area (Å²) in [6.45, 7) is 0. The molecule has 8 heteroatoms. The van der Waals surface area contributed by atoms with Gasteiger partial charge in [0.05, 0.1) is 4.90 Å². The fourth-order valence-electron chi connectivity index (χ4n) is 2.17. The standard InChI is InChI=1S/C15H18N2O4S2/c1-17(2)13-7-3-6-11-10(13)5-4-8-14(11)23(20,21)22-9-12(16)15(18)19/h3-8,12H,9,16H2,1-2H3,(H,18,19)/t12-/m0/s1. The van der Waals surface area contributed by atoms with Crippen molar-refractivity contribution in [3.63, 3.8) is 0 Å². The van der Waals surface area contributed by atoms with E-state index in [1.165, 1.54) is 6.07 Å². The topological polar surface area (TPSA) is 101 Å². The maximum Gasteiger partial charge on any atom is 0.321 e. The third-order valence-electron chi connectivity index (χ3n) is 3.33. The molecule has 0 unspecified atom stereocenters. The number of hydrogen-bond acceptors (Lipinski definition) is 6. The second kappa shape index (κ2) is 6.77. The van der Waals surface area contributed by atoms with Crippen molar-refractivity contribution < 1.29 is 18.3 Å². The number of carboxylic acids is 1. The summed E-state index contributed by atoms with van der Waals surface area (Å²) in [7, 11) is 0.618. The summed E-state index contributed by atoms with van der Waals surface area (Å²) >= 11 is 0. The molecule has 2 rings (SSSR count). The molecule has 0 spiro atoms. The monoisotopic (exact) mass is 354 g/mol. The number of rotatable bonds is 6. The van der Waals surface area contributed by atoms with Gasteiger partial charge < -0.3 is 15.7 Å². The molecule has 6 nitrogen and oxygen atoms in total. The lowest BCUT2D eigenvalue weighted by Gasteiger charge is -2.17. The van der Waals surface area contributed by atoms with Crippen LogP contribution in [0.15, 0.2) is 41.3 Å². The van der Waals surface area contributed by atoms with E-state index in [0.29, 0.717) is 16.2 Å². The Hall–Kier alpha value is -1.77. The Morgan fingerprint density at radius 3 is 2.43 bits per heavy atom. The largest absolute Gasteiger partial charge is 0.480 e. The van der Waals surface area contributed by atoms with Crippen molar-refractivity contribution in [1.82, 2.24) is 0 Å². The highest BCUT2D eigenvalue weighted by atomic mass is 33.1. The first-order chi connectivity index (χ1) is 10.7. The number of hydrogen-bond donors (Lipinski definition) is 2. The summed E-state index contributed by atoms with van der Waals surface area (Å²) in [6, 6.07) is 9.29. The molecule has 0 bridgehead atoms. The molecule has 0 aromatic heterocycles. The first kappa shape index (κ1) is 17.6. The smallest absolute Gasteiger partial charge is 0.321 e. The minimum Gasteiger partial charge on any atom is -0.480 e. The first-order valence-electron chi connectivity index (χ1n) is 6.81. The SMILES string of the molecule is CN(C)c1cccc2c(S(=O)(=O)SC[C@H](N)C(=O)O)cccc12. The molecule has 0 aliphatic rings. The Morgan fingerprint density at radius 2 is 1.83 bits per heavy atom. The molecular weight excluding hydrogens is 336 g/mol. The average molecular weight is 354 g/mol. The molecule has 0 heterocycles. The van der Waals surface area contributed by atoms with E-state index in [1.807, 2.05) is 31.1 Å². The Bertz CT molecular complexity index is 834. The number of carboxylic acid groups (broad SMARTS) is 1. The number of carbonyl (C=O) groups is 1. The zero-order chi connectivity index (χ0) is 17.2. The van der Waals surface area contributed by atoms with Crippen LogP contribution in [-0.4, -0.2) is 45.4 Å². The van der Waals surface area contributed by atoms with Crippen molar-refractivity contribution in [3.8, 4) is 0 Å². The molecule has 0 saturated carbocycles. The van der Waals surface area contributed by atoms with Gasteiger partial charge in [-0.3, -0.25) is 4.79 Å². The van der Waals surface area contributed by atoms with E-state index in [1.54, 1.807) is 18.2 Å². The van der Waals surface area contributed by atoms with Crippen LogP contribution in [-0.2, 0) is 13.7 Å². The molecule has 0 radical (unpaired) electrons. The molecule has 0 saturated heterocycles. The zero-order valence-electron chi connectivity index (χ0n) is 12.8. The summed E-state index contributed by atoms with van der Waals surface area (Å²) in [5, 5.41) is 10.2. The van der Waals surface area contributed by atoms with Crippen LogP contribution in [0, 0.1) is 0 Å². The van der Waals surface area contributed by atoms with Gasteiger partial charge in [0.25, 0.3) is 0 Å². The summed E-state index contributed by atoms with van der Waals surface area (Å²) in [5.41, 5.74) is 6.30. The van der Waals surface area contributed by atoms with Crippen molar-refractivity contribution in [2.24, 2.45) is 5.73 Å². The Balaban J connectivity index is 2.47. The van der Waals surface area contributed by atoms with Crippen LogP contribution in [0.1, 0.15) is 0 Å². The maximum atomic E-state index is 12.6. The fraction of sp³-hybridized carbons (Fsp3) is 0.267. The van der Waals surface area contributed by atoms with Crippen LogP contribution >= 0.6 is 10.8 Å². The molecule has 0 fully saturated rings. The molecule has 23 heavy (non-hydrogen) atoms. The van der Waals surface area contributed by atoms with Gasteiger partial charge in [-0.25, -0.2) is 8.42 Å². The second-order valence-electron chi connectivity index (χ2n) is 5.21. The highest BCUT2D eigenvalue weighted by Crippen LogP contribution is 2.34. The Morgan fingerprint density at radius 1 is 1.22 bits per heavy atom. The van der Waals surface area contributed by atoms with E-state index in [2.05, 4.69) is 0 Å². The predicted octanol–water partition coefficient (Wildman–Crippen LogP) is 1.74. The number of benzene rings is 2. The molecule has 0 aliphatic heterocycles. The van der Waals surface area contributed by atoms with Crippen molar-refractivity contribution in [2.75, 3.05) is 24.7 Å². The summed E-state index contributed by atoms with van der Waals surface area (Å²) < 4.78 is 25.1. The molecule has 2 aromatic rings. The summed E-state index contributed by atoms with van der Waals surface area (Å²) in [5.74, 6) is -1.43. The predicted molar refractivity (Wildman–Crippen MR) is 93.5 cm³/mol. The van der Waals surface area contributed by atoms with Gasteiger partial charge in [0.15, 0.2) is 0 Å². The summed E-state index contributed by atoms with van der Waals surface area (Å²) in [4.78, 5) is 12.8. The third kappa shape index (κ3) is 3.77. The van der Waals surface area contributed by atoms with Gasteiger partial charge in [-0.2, -0.15) is 0 Å². The van der Waals surface area contributed by atoms with Crippen LogP contribution in [0.3, 0.4) is 0 Å². The van der Waals surface area contributed by atoms with E-state index >= 15 is 0 Å². The van der Waals surface area contributed by atoms with E-state index < -0.39 is 20.9 Å². The van der Waals surface area contributed by atoms with Gasteiger partial charge in [-0.1, -0.05) is 24.3 Å². The first-order valence-corrected chi connectivity index (χ1v) is 9.79. The number of anilines is 1. The minimum atomic E-state index is -3.70. The lowest BCUT2D eigenvalue weighted by Crippen LogP contribution is -2.32. The van der Waals surface area contributed by atoms with E-state index in [-0.39, 0.29) is 10.6 Å². The zero-order valence-corrected chi connectivity index (χ0v) is 14.4. The minimum absolute atomic E-state index is 0.168. The van der Waals surface area contributed by atoms with Crippen LogP contribution in [0.2, 0.25) is 0 Å². The van der Waals surface area contributed by atoms with Crippen molar-refractivity contribution in [3.05, 3.63) is 36.4 Å². The molecule has 0 amide bonds. The Kier molecular flexibility index (Phi) is 5.18. The lowest BCUT2D eigenvalue weighted by atomic mass is 10.1. The third-order valence-corrected chi connectivity index (χ3v) is 6.91. The fourth-order valence-corrected chi connectivity index (χ4v) is 5.25. The summed E-state index contributed by atoms with van der Waals surface area (Å²) in [6.07, 6.45) is 0. The van der Waals surface area contributed by atoms with Crippen LogP contribution in [0.4, 0.5) is 5.69 Å². The van der Waals surface area contributed by atoms with E-state index in [4.69, 9.17) is 10.8 Å². The molecule has 124 valence electrons. The van der Waals surface area contributed by atoms with Gasteiger partial charge in [-0.15, -0.1) is 0 Å². The van der Waals surface area contributed by atoms with E-state index in [9.17, 15) is 13.2 Å². The maximum absolute atomic E-state index is 12.6. The van der Waals surface area contributed by atoms with E-state index in [0.717, 1.165) is 11.1 Å². The molecule has 1 atom stereocenters. The van der Waals surface area contributed by atoms with Gasteiger partial charge >= 0.3 is 5.97 Å². The number of nitrogens with zero attached hydrogens (tertiary/aromatic N) is 1. The second-order valence-corrected chi connectivity index (χ2v) is 9.15. The average Bonchev–Trinajstić information content (AvgIpc) is 2.51. The van der Waals surface area contributed by atoms with Crippen LogP contribution in [0.5, 0.6) is 0 Å². The number of nitrogens with two attached hydrogens (primary N) is 1. The highest BCUT2D eigenvalue weighted by Gasteiger charge is 2.22. The van der Waals surface area contributed by atoms with Gasteiger partial charge in [0.2, 0.25) is 8.87 Å². The van der Waals surface area contributed by atoms with Crippen molar-refractivity contribution >= 4 is 42.1 Å². The van der Waals surface area contributed by atoms with Gasteiger partial charge in [-0.05, 0) is 22.9 Å². The molecule has 2 aromatic carbocycles. The van der Waals surface area contributed by atoms with Gasteiger partial charge in [0, 0.05) is 36.3 Å². The van der Waals surface area contributed by atoms with Gasteiger partial charge in [0.1, 0.15) is 6.04 Å². The normalized spacial score (nSPS) is 13.0. The van der Waals surface area contributed by atoms with Crippen LogP contribution in [0.25, 0.3) is 10.8 Å². The lowest BCUT2D eigenvalue weighted by molar-refractivity contribution is -0.137. The molecular formula is C15H18N2O4S2. The quantitative estimate of drug-likeness (QED) is 0.762. The number of aliphatic carboxylic acids is 1. The Labute approximate surface area is 138 Å². The van der Waals surface area contributed by atoms with Crippen molar-refractivity contribution in [1.29, 1.82) is 0 Å². The van der Waals surface area contributed by atoms with Crippen LogP contribution < -0.4 is 10.6 Å². The highest BCUT2D eigenvalue weighted by molar-refractivity contribution is 8.72. The molecule has 0 aliphatic carbocycles. The molecule has 3 N–H and O–H groups in total.